The van der Waals surface area contributed by atoms with E-state index in [0.717, 1.165) is 0 Å². The normalized spacial score (nSPS) is 22.0. The lowest BCUT2D eigenvalue weighted by Gasteiger charge is -2.21. The fourth-order valence-corrected chi connectivity index (χ4v) is 6.49. The third kappa shape index (κ3) is 4.76. The van der Waals surface area contributed by atoms with Crippen LogP contribution in [0.2, 0.25) is 0 Å². The van der Waals surface area contributed by atoms with Gasteiger partial charge >= 0.3 is 0 Å². The molecule has 0 aliphatic heterocycles. The summed E-state index contributed by atoms with van der Waals surface area (Å²) >= 11 is 9.36. The summed E-state index contributed by atoms with van der Waals surface area (Å²) in [4.78, 5) is 0. The summed E-state index contributed by atoms with van der Waals surface area (Å²) in [6, 6.07) is 0. The van der Waals surface area contributed by atoms with Crippen LogP contribution < -0.4 is 0 Å². The molecular formula is C6H13OPS3. The minimum atomic E-state index is -2.43. The van der Waals surface area contributed by atoms with Crippen LogP contribution in [-0.2, 0) is 4.57 Å². The van der Waals surface area contributed by atoms with E-state index in [2.05, 4.69) is 24.5 Å². The van der Waals surface area contributed by atoms with Crippen LogP contribution in [0, 0.1) is 0 Å². The SMILES string of the molecule is O=P(S)(S)SC1CCCCC1. The highest BCUT2D eigenvalue weighted by atomic mass is 33.4. The first-order valence-corrected chi connectivity index (χ1v) is 9.31. The summed E-state index contributed by atoms with van der Waals surface area (Å²) in [7, 11) is 0. The van der Waals surface area contributed by atoms with Crippen molar-refractivity contribution in [2.24, 2.45) is 0 Å². The van der Waals surface area contributed by atoms with Gasteiger partial charge in [-0.3, -0.25) is 4.57 Å². The van der Waals surface area contributed by atoms with Crippen LogP contribution >= 0.6 is 40.6 Å². The van der Waals surface area contributed by atoms with E-state index < -0.39 is 4.75 Å². The topological polar surface area (TPSA) is 17.1 Å². The van der Waals surface area contributed by atoms with E-state index in [4.69, 9.17) is 0 Å². The van der Waals surface area contributed by atoms with Gasteiger partial charge in [0.15, 0.2) is 0 Å². The Morgan fingerprint density at radius 1 is 1.18 bits per heavy atom. The largest absolute Gasteiger partial charge is 0.289 e. The number of rotatable bonds is 2. The molecule has 1 aliphatic rings. The van der Waals surface area contributed by atoms with Gasteiger partial charge in [-0.05, 0) is 12.8 Å². The number of thiol groups is 2. The molecule has 0 unspecified atom stereocenters. The maximum absolute atomic E-state index is 11.2. The molecule has 0 heterocycles. The van der Waals surface area contributed by atoms with E-state index in [1.165, 1.54) is 43.5 Å². The maximum atomic E-state index is 11.2. The molecule has 1 fully saturated rings. The van der Waals surface area contributed by atoms with Gasteiger partial charge in [-0.15, -0.1) is 0 Å². The molecule has 0 atom stereocenters. The lowest BCUT2D eigenvalue weighted by Crippen LogP contribution is -2.06. The molecule has 0 aromatic carbocycles. The minimum Gasteiger partial charge on any atom is -0.289 e. The summed E-state index contributed by atoms with van der Waals surface area (Å²) in [5.74, 6) is 0. The third-order valence-corrected chi connectivity index (χ3v) is 6.30. The maximum Gasteiger partial charge on any atom is 0.238 e. The zero-order chi connectivity index (χ0) is 8.32. The van der Waals surface area contributed by atoms with E-state index in [0.29, 0.717) is 5.25 Å². The van der Waals surface area contributed by atoms with Gasteiger partial charge in [-0.25, -0.2) is 0 Å². The van der Waals surface area contributed by atoms with E-state index in [9.17, 15) is 4.57 Å². The van der Waals surface area contributed by atoms with E-state index in [-0.39, 0.29) is 0 Å². The molecule has 0 saturated heterocycles. The molecule has 0 radical (unpaired) electrons. The highest BCUT2D eigenvalue weighted by molar-refractivity contribution is 9.08. The molecule has 0 aromatic heterocycles. The van der Waals surface area contributed by atoms with E-state index in [1.807, 2.05) is 0 Å². The van der Waals surface area contributed by atoms with Crippen molar-refractivity contribution >= 4 is 40.6 Å². The first-order valence-electron chi connectivity index (χ1n) is 3.82. The quantitative estimate of drug-likeness (QED) is 0.549. The van der Waals surface area contributed by atoms with Crippen LogP contribution in [0.4, 0.5) is 0 Å². The van der Waals surface area contributed by atoms with Gasteiger partial charge in [0.1, 0.15) is 0 Å². The lowest BCUT2D eigenvalue weighted by molar-refractivity contribution is 0.517. The van der Waals surface area contributed by atoms with Gasteiger partial charge in [0.05, 0.1) is 0 Å². The highest BCUT2D eigenvalue weighted by Crippen LogP contribution is 2.69. The molecule has 1 rings (SSSR count). The Bertz CT molecular complexity index is 161. The van der Waals surface area contributed by atoms with Crippen LogP contribution in [0.25, 0.3) is 0 Å². The molecule has 66 valence electrons. The third-order valence-electron chi connectivity index (χ3n) is 1.84. The second kappa shape index (κ2) is 4.50. The predicted octanol–water partition coefficient (Wildman–Crippen LogP) is 4.02. The zero-order valence-corrected chi connectivity index (χ0v) is 9.77. The van der Waals surface area contributed by atoms with Crippen molar-refractivity contribution in [3.8, 4) is 0 Å². The molecule has 1 saturated carbocycles. The average molecular weight is 228 g/mol. The Labute approximate surface area is 82.5 Å². The number of hydrogen-bond acceptors (Lipinski definition) is 2. The summed E-state index contributed by atoms with van der Waals surface area (Å²) in [6.45, 7) is 0. The van der Waals surface area contributed by atoms with Crippen molar-refractivity contribution < 1.29 is 4.57 Å². The molecule has 5 heteroatoms. The molecule has 1 aliphatic carbocycles. The second-order valence-corrected chi connectivity index (χ2v) is 12.8. The molecular weight excluding hydrogens is 215 g/mol. The van der Waals surface area contributed by atoms with Gasteiger partial charge in [0, 0.05) is 5.25 Å². The predicted molar refractivity (Wildman–Crippen MR) is 60.0 cm³/mol. The Morgan fingerprint density at radius 3 is 2.18 bits per heavy atom. The summed E-state index contributed by atoms with van der Waals surface area (Å²) in [5, 5.41) is 0.546. The molecule has 0 bridgehead atoms. The van der Waals surface area contributed by atoms with Crippen molar-refractivity contribution in [3.63, 3.8) is 0 Å². The van der Waals surface area contributed by atoms with Crippen molar-refractivity contribution in [2.45, 2.75) is 37.4 Å². The molecule has 0 spiro atoms. The first kappa shape index (κ1) is 10.4. The minimum absolute atomic E-state index is 0.546. The van der Waals surface area contributed by atoms with E-state index >= 15 is 0 Å². The van der Waals surface area contributed by atoms with Crippen LogP contribution in [0.5, 0.6) is 0 Å². The van der Waals surface area contributed by atoms with Crippen molar-refractivity contribution in [2.75, 3.05) is 0 Å². The molecule has 0 amide bonds. The monoisotopic (exact) mass is 228 g/mol. The van der Waals surface area contributed by atoms with Gasteiger partial charge in [0.25, 0.3) is 0 Å². The Kier molecular flexibility index (Phi) is 4.24. The summed E-state index contributed by atoms with van der Waals surface area (Å²) < 4.78 is 8.75. The van der Waals surface area contributed by atoms with Crippen molar-refractivity contribution in [1.82, 2.24) is 0 Å². The fraction of sp³-hybridized carbons (Fsp3) is 1.00. The number of hydrogen-bond donors (Lipinski definition) is 2. The zero-order valence-electron chi connectivity index (χ0n) is 6.27. The van der Waals surface area contributed by atoms with Crippen LogP contribution in [0.3, 0.4) is 0 Å². The summed E-state index contributed by atoms with van der Waals surface area (Å²) in [6.07, 6.45) is 6.27. The molecule has 1 nitrogen and oxygen atoms in total. The molecule has 11 heavy (non-hydrogen) atoms. The Morgan fingerprint density at radius 2 is 1.73 bits per heavy atom. The standard InChI is InChI=1S/C6H13OPS3/c7-8(9,10)11-6-4-2-1-3-5-6/h6H,1-5H2,(H2,7,9,10). The first-order chi connectivity index (χ1) is 5.08. The average Bonchev–Trinajstić information content (AvgIpc) is 1.85. The second-order valence-electron chi connectivity index (χ2n) is 2.86. The van der Waals surface area contributed by atoms with Crippen LogP contribution in [-0.4, -0.2) is 5.25 Å². The highest BCUT2D eigenvalue weighted by Gasteiger charge is 2.21. The van der Waals surface area contributed by atoms with Crippen molar-refractivity contribution in [3.05, 3.63) is 0 Å². The molecule has 0 aromatic rings. The molecule has 0 N–H and O–H groups in total. The fourth-order valence-electron chi connectivity index (χ4n) is 1.36. The lowest BCUT2D eigenvalue weighted by atomic mass is 10.0. The van der Waals surface area contributed by atoms with Crippen LogP contribution in [0.1, 0.15) is 32.1 Å². The van der Waals surface area contributed by atoms with Gasteiger partial charge in [-0.2, -0.15) is 0 Å². The van der Waals surface area contributed by atoms with Crippen LogP contribution in [0.15, 0.2) is 0 Å². The van der Waals surface area contributed by atoms with Crippen molar-refractivity contribution in [1.29, 1.82) is 0 Å². The van der Waals surface area contributed by atoms with Gasteiger partial charge < -0.3 is 0 Å². The smallest absolute Gasteiger partial charge is 0.238 e. The van der Waals surface area contributed by atoms with Gasteiger partial charge in [-0.1, -0.05) is 55.1 Å². The van der Waals surface area contributed by atoms with Gasteiger partial charge in [0.2, 0.25) is 4.75 Å². The Balaban J connectivity index is 2.30. The summed E-state index contributed by atoms with van der Waals surface area (Å²) in [5.41, 5.74) is 0. The van der Waals surface area contributed by atoms with E-state index in [1.54, 1.807) is 0 Å². The Hall–Kier alpha value is 1.28.